The number of rotatable bonds is 5. The Balaban J connectivity index is 2.41. The van der Waals surface area contributed by atoms with Crippen molar-refractivity contribution in [1.29, 1.82) is 0 Å². The van der Waals surface area contributed by atoms with E-state index in [2.05, 4.69) is 9.97 Å². The lowest BCUT2D eigenvalue weighted by Crippen LogP contribution is -2.33. The van der Waals surface area contributed by atoms with Crippen molar-refractivity contribution in [2.45, 2.75) is 32.7 Å². The van der Waals surface area contributed by atoms with E-state index in [1.807, 2.05) is 31.4 Å². The fraction of sp³-hybridized carbons (Fsp3) is 0.500. The zero-order valence-corrected chi connectivity index (χ0v) is 12.8. The monoisotopic (exact) mass is 294 g/mol. The molecule has 0 aliphatic rings. The Bertz CT molecular complexity index is 604. The van der Waals surface area contributed by atoms with E-state index in [0.29, 0.717) is 18.9 Å². The Kier molecular flexibility index (Phi) is 4.60. The summed E-state index contributed by atoms with van der Waals surface area (Å²) in [6, 6.07) is 1.86. The Morgan fingerprint density at radius 1 is 1.45 bits per heavy atom. The molecule has 0 radical (unpaired) electrons. The van der Waals surface area contributed by atoms with Crippen molar-refractivity contribution in [3.8, 4) is 0 Å². The van der Waals surface area contributed by atoms with Crippen LogP contribution >= 0.6 is 11.6 Å². The van der Waals surface area contributed by atoms with Crippen molar-refractivity contribution >= 4 is 28.5 Å². The summed E-state index contributed by atoms with van der Waals surface area (Å²) in [5.74, 6) is 0.778. The first-order valence-corrected chi connectivity index (χ1v) is 7.24. The van der Waals surface area contributed by atoms with Crippen LogP contribution in [-0.4, -0.2) is 38.4 Å². The topological polar surface area (TPSA) is 51.0 Å². The quantitative estimate of drug-likeness (QED) is 0.797. The minimum Gasteiger partial charge on any atom is -0.342 e. The first kappa shape index (κ1) is 14.8. The first-order chi connectivity index (χ1) is 9.58. The SMILES string of the molecule is CCN(CC)C(=O)Cn1c(C(C)Cl)nc2cnccc21. The molecule has 0 spiro atoms. The van der Waals surface area contributed by atoms with Crippen molar-refractivity contribution < 1.29 is 4.79 Å². The zero-order chi connectivity index (χ0) is 14.7. The molecular weight excluding hydrogens is 276 g/mol. The van der Waals surface area contributed by atoms with Crippen LogP contribution in [0, 0.1) is 0 Å². The van der Waals surface area contributed by atoms with E-state index >= 15 is 0 Å². The van der Waals surface area contributed by atoms with Gasteiger partial charge in [0.15, 0.2) is 0 Å². The van der Waals surface area contributed by atoms with Crippen molar-refractivity contribution in [2.24, 2.45) is 0 Å². The summed E-state index contributed by atoms with van der Waals surface area (Å²) in [6.45, 7) is 7.47. The molecule has 1 amide bonds. The van der Waals surface area contributed by atoms with Gasteiger partial charge in [0.2, 0.25) is 5.91 Å². The summed E-state index contributed by atoms with van der Waals surface area (Å²) in [5.41, 5.74) is 1.66. The number of nitrogens with zero attached hydrogens (tertiary/aromatic N) is 4. The second kappa shape index (κ2) is 6.22. The van der Waals surface area contributed by atoms with E-state index in [1.165, 1.54) is 0 Å². The van der Waals surface area contributed by atoms with Crippen LogP contribution in [0.1, 0.15) is 32.0 Å². The lowest BCUT2D eigenvalue weighted by molar-refractivity contribution is -0.131. The highest BCUT2D eigenvalue weighted by molar-refractivity contribution is 6.20. The summed E-state index contributed by atoms with van der Waals surface area (Å²) < 4.78 is 1.88. The van der Waals surface area contributed by atoms with Crippen LogP contribution in [-0.2, 0) is 11.3 Å². The van der Waals surface area contributed by atoms with Crippen LogP contribution in [0.25, 0.3) is 11.0 Å². The summed E-state index contributed by atoms with van der Waals surface area (Å²) in [5, 5.41) is -0.257. The molecule has 0 aliphatic carbocycles. The standard InChI is InChI=1S/C14H19ClN4O/c1-4-18(5-2)13(20)9-19-12-6-7-16-8-11(12)17-14(19)10(3)15/h6-8,10H,4-5,9H2,1-3H3. The number of halogens is 1. The summed E-state index contributed by atoms with van der Waals surface area (Å²) in [6.07, 6.45) is 3.39. The largest absolute Gasteiger partial charge is 0.342 e. The van der Waals surface area contributed by atoms with Gasteiger partial charge in [0.05, 0.1) is 17.1 Å². The molecule has 2 rings (SSSR count). The van der Waals surface area contributed by atoms with Gasteiger partial charge < -0.3 is 9.47 Å². The number of pyridine rings is 1. The van der Waals surface area contributed by atoms with Gasteiger partial charge >= 0.3 is 0 Å². The van der Waals surface area contributed by atoms with Crippen molar-refractivity contribution in [3.63, 3.8) is 0 Å². The van der Waals surface area contributed by atoms with E-state index in [0.717, 1.165) is 11.0 Å². The molecule has 0 bridgehead atoms. The molecule has 0 saturated heterocycles. The third kappa shape index (κ3) is 2.77. The second-order valence-corrected chi connectivity index (χ2v) is 5.26. The lowest BCUT2D eigenvalue weighted by atomic mass is 10.3. The molecule has 0 N–H and O–H groups in total. The van der Waals surface area contributed by atoms with Crippen molar-refractivity contribution in [3.05, 3.63) is 24.3 Å². The number of amides is 1. The van der Waals surface area contributed by atoms with Gasteiger partial charge in [-0.2, -0.15) is 0 Å². The second-order valence-electron chi connectivity index (χ2n) is 4.60. The Labute approximate surface area is 123 Å². The Morgan fingerprint density at radius 3 is 2.75 bits per heavy atom. The van der Waals surface area contributed by atoms with E-state index in [1.54, 1.807) is 17.3 Å². The zero-order valence-electron chi connectivity index (χ0n) is 12.0. The molecule has 6 heteroatoms. The number of alkyl halides is 1. The molecule has 0 aliphatic heterocycles. The number of fused-ring (bicyclic) bond motifs is 1. The van der Waals surface area contributed by atoms with Crippen LogP contribution in [0.5, 0.6) is 0 Å². The molecule has 2 aromatic rings. The molecule has 20 heavy (non-hydrogen) atoms. The number of aromatic nitrogens is 3. The number of hydrogen-bond acceptors (Lipinski definition) is 3. The van der Waals surface area contributed by atoms with Gasteiger partial charge in [-0.05, 0) is 26.8 Å². The highest BCUT2D eigenvalue weighted by Gasteiger charge is 2.19. The molecule has 1 unspecified atom stereocenters. The molecule has 0 fully saturated rings. The maximum Gasteiger partial charge on any atom is 0.242 e. The highest BCUT2D eigenvalue weighted by atomic mass is 35.5. The van der Waals surface area contributed by atoms with Gasteiger partial charge in [-0.15, -0.1) is 11.6 Å². The molecular formula is C14H19ClN4O. The minimum atomic E-state index is -0.257. The Hall–Kier alpha value is -1.62. The summed E-state index contributed by atoms with van der Waals surface area (Å²) in [7, 11) is 0. The molecule has 0 saturated carbocycles. The molecule has 2 heterocycles. The molecule has 1 atom stereocenters. The fourth-order valence-corrected chi connectivity index (χ4v) is 2.45. The maximum atomic E-state index is 12.3. The van der Waals surface area contributed by atoms with Crippen LogP contribution < -0.4 is 0 Å². The van der Waals surface area contributed by atoms with Gasteiger partial charge in [0.1, 0.15) is 17.9 Å². The predicted octanol–water partition coefficient (Wildman–Crippen LogP) is 2.60. The number of hydrogen-bond donors (Lipinski definition) is 0. The normalized spacial score (nSPS) is 12.6. The van der Waals surface area contributed by atoms with Crippen LogP contribution in [0.4, 0.5) is 0 Å². The van der Waals surface area contributed by atoms with E-state index in [-0.39, 0.29) is 17.8 Å². The third-order valence-corrected chi connectivity index (χ3v) is 3.54. The van der Waals surface area contributed by atoms with Crippen LogP contribution in [0.2, 0.25) is 0 Å². The Morgan fingerprint density at radius 2 is 2.15 bits per heavy atom. The average Bonchev–Trinajstić information content (AvgIpc) is 2.79. The minimum absolute atomic E-state index is 0.0738. The number of carbonyl (C=O) groups excluding carboxylic acids is 1. The number of carbonyl (C=O) groups is 1. The van der Waals surface area contributed by atoms with Crippen molar-refractivity contribution in [2.75, 3.05) is 13.1 Å². The van der Waals surface area contributed by atoms with Gasteiger partial charge in [0, 0.05) is 19.3 Å². The van der Waals surface area contributed by atoms with Crippen LogP contribution in [0.3, 0.4) is 0 Å². The van der Waals surface area contributed by atoms with Gasteiger partial charge in [-0.1, -0.05) is 0 Å². The van der Waals surface area contributed by atoms with Gasteiger partial charge in [0.25, 0.3) is 0 Å². The van der Waals surface area contributed by atoms with E-state index in [4.69, 9.17) is 11.6 Å². The third-order valence-electron chi connectivity index (χ3n) is 3.35. The van der Waals surface area contributed by atoms with E-state index in [9.17, 15) is 4.79 Å². The number of likely N-dealkylation sites (N-methyl/N-ethyl adjacent to an activating group) is 1. The molecule has 2 aromatic heterocycles. The predicted molar refractivity (Wildman–Crippen MR) is 79.7 cm³/mol. The van der Waals surface area contributed by atoms with Gasteiger partial charge in [-0.3, -0.25) is 9.78 Å². The first-order valence-electron chi connectivity index (χ1n) is 6.80. The molecule has 5 nitrogen and oxygen atoms in total. The smallest absolute Gasteiger partial charge is 0.242 e. The molecule has 0 aromatic carbocycles. The van der Waals surface area contributed by atoms with Gasteiger partial charge in [-0.25, -0.2) is 4.98 Å². The maximum absolute atomic E-state index is 12.3. The van der Waals surface area contributed by atoms with Crippen molar-refractivity contribution in [1.82, 2.24) is 19.4 Å². The lowest BCUT2D eigenvalue weighted by Gasteiger charge is -2.20. The molecule has 108 valence electrons. The van der Waals surface area contributed by atoms with Crippen LogP contribution in [0.15, 0.2) is 18.5 Å². The highest BCUT2D eigenvalue weighted by Crippen LogP contribution is 2.24. The average molecular weight is 295 g/mol. The summed E-state index contributed by atoms with van der Waals surface area (Å²) in [4.78, 5) is 22.6. The number of imidazole rings is 1. The van der Waals surface area contributed by atoms with E-state index < -0.39 is 0 Å². The fourth-order valence-electron chi connectivity index (χ4n) is 2.28. The summed E-state index contributed by atoms with van der Waals surface area (Å²) >= 11 is 6.18.